The first-order valence-corrected chi connectivity index (χ1v) is 5.68. The maximum Gasteiger partial charge on any atom is 0.153 e. The molecule has 0 amide bonds. The van der Waals surface area contributed by atoms with E-state index >= 15 is 0 Å². The molecule has 1 aromatic rings. The summed E-state index contributed by atoms with van der Waals surface area (Å²) < 4.78 is 1.94. The molecule has 0 atom stereocenters. The Morgan fingerprint density at radius 3 is 2.33 bits per heavy atom. The van der Waals surface area contributed by atoms with Crippen molar-refractivity contribution < 1.29 is 4.79 Å². The highest BCUT2D eigenvalue weighted by Gasteiger charge is 2.15. The number of hydrogen-bond acceptors (Lipinski definition) is 2. The predicted octanol–water partition coefficient (Wildman–Crippen LogP) is 3.18. The fourth-order valence-electron chi connectivity index (χ4n) is 1.81. The van der Waals surface area contributed by atoms with Crippen molar-refractivity contribution >= 4 is 6.29 Å². The Morgan fingerprint density at radius 2 is 2.00 bits per heavy atom. The van der Waals surface area contributed by atoms with Crippen LogP contribution < -0.4 is 0 Å². The van der Waals surface area contributed by atoms with E-state index < -0.39 is 0 Å². The van der Waals surface area contributed by atoms with Crippen LogP contribution in [0.5, 0.6) is 0 Å². The van der Waals surface area contributed by atoms with Gasteiger partial charge in [-0.05, 0) is 18.8 Å². The Balaban J connectivity index is 3.06. The molecule has 0 aliphatic rings. The molecule has 0 aliphatic heterocycles. The molecule has 0 fully saturated rings. The number of hydrogen-bond donors (Lipinski definition) is 0. The number of nitrogens with zero attached hydrogens (tertiary/aromatic N) is 2. The van der Waals surface area contributed by atoms with Crippen LogP contribution in [0, 0.1) is 0 Å². The van der Waals surface area contributed by atoms with Gasteiger partial charge in [0.15, 0.2) is 6.29 Å². The van der Waals surface area contributed by atoms with Crippen molar-refractivity contribution in [3.8, 4) is 0 Å². The molecule has 0 aromatic carbocycles. The van der Waals surface area contributed by atoms with Gasteiger partial charge in [-0.15, -0.1) is 0 Å². The van der Waals surface area contributed by atoms with Gasteiger partial charge in [0.2, 0.25) is 0 Å². The molecule has 0 saturated carbocycles. The van der Waals surface area contributed by atoms with Crippen molar-refractivity contribution in [3.05, 3.63) is 17.5 Å². The lowest BCUT2D eigenvalue weighted by molar-refractivity contribution is 0.112. The third kappa shape index (κ3) is 2.46. The van der Waals surface area contributed by atoms with E-state index in [1.807, 2.05) is 10.9 Å². The smallest absolute Gasteiger partial charge is 0.153 e. The minimum absolute atomic E-state index is 0.306. The van der Waals surface area contributed by atoms with E-state index in [9.17, 15) is 4.79 Å². The molecule has 3 heteroatoms. The summed E-state index contributed by atoms with van der Waals surface area (Å²) in [6, 6.07) is 0.413. The van der Waals surface area contributed by atoms with Crippen LogP contribution in [-0.4, -0.2) is 16.1 Å². The summed E-state index contributed by atoms with van der Waals surface area (Å²) in [7, 11) is 0. The molecular formula is C12H20N2O. The zero-order chi connectivity index (χ0) is 11.4. The first-order chi connectivity index (χ1) is 7.13. The van der Waals surface area contributed by atoms with E-state index in [1.54, 1.807) is 0 Å². The van der Waals surface area contributed by atoms with Crippen molar-refractivity contribution in [3.63, 3.8) is 0 Å². The summed E-state index contributed by atoms with van der Waals surface area (Å²) in [4.78, 5) is 10.9. The van der Waals surface area contributed by atoms with Gasteiger partial charge in [0, 0.05) is 6.20 Å². The summed E-state index contributed by atoms with van der Waals surface area (Å²) in [5, 5.41) is 4.51. The average molecular weight is 208 g/mol. The second-order valence-electron chi connectivity index (χ2n) is 4.19. The zero-order valence-corrected chi connectivity index (χ0v) is 10.0. The van der Waals surface area contributed by atoms with E-state index in [2.05, 4.69) is 32.8 Å². The van der Waals surface area contributed by atoms with Gasteiger partial charge in [-0.25, -0.2) is 0 Å². The van der Waals surface area contributed by atoms with Crippen molar-refractivity contribution in [1.82, 2.24) is 9.78 Å². The highest BCUT2D eigenvalue weighted by molar-refractivity contribution is 5.76. The standard InChI is InChI=1S/C12H20N2O/c1-5-11(6-2)14-7-10(8-15)12(13-14)9(3)4/h7-9,11H,5-6H2,1-4H3. The molecule has 0 spiro atoms. The van der Waals surface area contributed by atoms with Gasteiger partial charge in [-0.3, -0.25) is 9.48 Å². The maximum absolute atomic E-state index is 10.9. The molecule has 1 heterocycles. The molecule has 0 N–H and O–H groups in total. The van der Waals surface area contributed by atoms with E-state index in [1.165, 1.54) is 0 Å². The summed E-state index contributed by atoms with van der Waals surface area (Å²) in [5.41, 5.74) is 1.65. The van der Waals surface area contributed by atoms with Crippen LogP contribution in [0.2, 0.25) is 0 Å². The number of carbonyl (C=O) groups excluding carboxylic acids is 1. The van der Waals surface area contributed by atoms with Gasteiger partial charge in [-0.1, -0.05) is 27.7 Å². The zero-order valence-electron chi connectivity index (χ0n) is 10.0. The summed E-state index contributed by atoms with van der Waals surface area (Å²) in [6.45, 7) is 8.41. The summed E-state index contributed by atoms with van der Waals surface area (Å²) >= 11 is 0. The Morgan fingerprint density at radius 1 is 1.40 bits per heavy atom. The first kappa shape index (κ1) is 12.0. The topological polar surface area (TPSA) is 34.9 Å². The van der Waals surface area contributed by atoms with Crippen molar-refractivity contribution in [2.24, 2.45) is 0 Å². The molecule has 84 valence electrons. The van der Waals surface area contributed by atoms with Crippen LogP contribution >= 0.6 is 0 Å². The Bertz CT molecular complexity index is 324. The molecule has 0 aliphatic carbocycles. The molecule has 0 saturated heterocycles. The van der Waals surface area contributed by atoms with Gasteiger partial charge < -0.3 is 0 Å². The highest BCUT2D eigenvalue weighted by atomic mass is 16.1. The monoisotopic (exact) mass is 208 g/mol. The molecule has 0 unspecified atom stereocenters. The van der Waals surface area contributed by atoms with Crippen molar-refractivity contribution in [2.45, 2.75) is 52.5 Å². The summed E-state index contributed by atoms with van der Waals surface area (Å²) in [6.07, 6.45) is 4.88. The fraction of sp³-hybridized carbons (Fsp3) is 0.667. The normalized spacial score (nSPS) is 11.3. The van der Waals surface area contributed by atoms with Gasteiger partial charge in [0.1, 0.15) is 0 Å². The minimum Gasteiger partial charge on any atom is -0.298 e. The third-order valence-electron chi connectivity index (χ3n) is 2.78. The number of carbonyl (C=O) groups is 1. The van der Waals surface area contributed by atoms with Gasteiger partial charge >= 0.3 is 0 Å². The molecule has 0 radical (unpaired) electrons. The molecule has 1 aromatic heterocycles. The maximum atomic E-state index is 10.9. The van der Waals surface area contributed by atoms with Gasteiger partial charge in [0.25, 0.3) is 0 Å². The molecule has 1 rings (SSSR count). The third-order valence-corrected chi connectivity index (χ3v) is 2.78. The minimum atomic E-state index is 0.306. The van der Waals surface area contributed by atoms with Gasteiger partial charge in [-0.2, -0.15) is 5.10 Å². The van der Waals surface area contributed by atoms with Crippen molar-refractivity contribution in [1.29, 1.82) is 0 Å². The first-order valence-electron chi connectivity index (χ1n) is 5.68. The largest absolute Gasteiger partial charge is 0.298 e. The van der Waals surface area contributed by atoms with E-state index in [0.29, 0.717) is 12.0 Å². The number of aromatic nitrogens is 2. The lowest BCUT2D eigenvalue weighted by Gasteiger charge is -2.12. The van der Waals surface area contributed by atoms with Crippen LogP contribution in [0.3, 0.4) is 0 Å². The van der Waals surface area contributed by atoms with E-state index in [4.69, 9.17) is 0 Å². The lowest BCUT2D eigenvalue weighted by atomic mass is 10.1. The second kappa shape index (κ2) is 5.10. The Kier molecular flexibility index (Phi) is 4.06. The van der Waals surface area contributed by atoms with E-state index in [-0.39, 0.29) is 0 Å². The average Bonchev–Trinajstić information content (AvgIpc) is 2.64. The molecular weight excluding hydrogens is 188 g/mol. The fourth-order valence-corrected chi connectivity index (χ4v) is 1.81. The lowest BCUT2D eigenvalue weighted by Crippen LogP contribution is -2.08. The summed E-state index contributed by atoms with van der Waals surface area (Å²) in [5.74, 6) is 0.306. The number of rotatable bonds is 5. The van der Waals surface area contributed by atoms with Gasteiger partial charge in [0.05, 0.1) is 17.3 Å². The highest BCUT2D eigenvalue weighted by Crippen LogP contribution is 2.21. The molecule has 0 bridgehead atoms. The Hall–Kier alpha value is -1.12. The van der Waals surface area contributed by atoms with Crippen LogP contribution in [-0.2, 0) is 0 Å². The quantitative estimate of drug-likeness (QED) is 0.696. The Labute approximate surface area is 91.5 Å². The number of aldehydes is 1. The van der Waals surface area contributed by atoms with Crippen LogP contribution in [0.4, 0.5) is 0 Å². The van der Waals surface area contributed by atoms with Crippen LogP contribution in [0.25, 0.3) is 0 Å². The van der Waals surface area contributed by atoms with Crippen LogP contribution in [0.15, 0.2) is 6.20 Å². The van der Waals surface area contributed by atoms with E-state index in [0.717, 1.165) is 30.4 Å². The second-order valence-corrected chi connectivity index (χ2v) is 4.19. The predicted molar refractivity (Wildman–Crippen MR) is 61.3 cm³/mol. The molecule has 3 nitrogen and oxygen atoms in total. The van der Waals surface area contributed by atoms with Crippen molar-refractivity contribution in [2.75, 3.05) is 0 Å². The SMILES string of the molecule is CCC(CC)n1cc(C=O)c(C(C)C)n1. The molecule has 15 heavy (non-hydrogen) atoms. The van der Waals surface area contributed by atoms with Crippen LogP contribution in [0.1, 0.15) is 68.5 Å².